The Balaban J connectivity index is 3.49. The van der Waals surface area contributed by atoms with Gasteiger partial charge in [0.2, 0.25) is 5.91 Å². The number of carbonyl (C=O) groups excluding carboxylic acids is 1. The molecule has 0 radical (unpaired) electrons. The molecule has 8 nitrogen and oxygen atoms in total. The zero-order valence-corrected chi connectivity index (χ0v) is 16.2. The number of hydrogen-bond acceptors (Lipinski definition) is 6. The summed E-state index contributed by atoms with van der Waals surface area (Å²) in [6, 6.07) is -0.829. The predicted molar refractivity (Wildman–Crippen MR) is 100 cm³/mol. The van der Waals surface area contributed by atoms with E-state index in [1.807, 2.05) is 6.92 Å². The summed E-state index contributed by atoms with van der Waals surface area (Å²) in [6.45, 7) is 5.12. The second-order valence-corrected chi connectivity index (χ2v) is 5.80. The molecule has 0 rings (SSSR count). The number of aliphatic carboxylic acids is 1. The van der Waals surface area contributed by atoms with Gasteiger partial charge in [-0.3, -0.25) is 4.79 Å². The summed E-state index contributed by atoms with van der Waals surface area (Å²) >= 11 is 0. The largest absolute Gasteiger partial charge is 0.480 e. The highest BCUT2D eigenvalue weighted by atomic mass is 16.6. The van der Waals surface area contributed by atoms with Gasteiger partial charge in [-0.25, -0.2) is 4.79 Å². The predicted octanol–water partition coefficient (Wildman–Crippen LogP) is 1.23. The summed E-state index contributed by atoms with van der Waals surface area (Å²) in [7, 11) is 0. The molecular formula is C19H33NO7. The number of hydrogen-bond donors (Lipinski definition) is 2. The fraction of sp³-hybridized carbons (Fsp3) is 0.789. The summed E-state index contributed by atoms with van der Waals surface area (Å²) in [5.41, 5.74) is 0. The van der Waals surface area contributed by atoms with Gasteiger partial charge in [0.05, 0.1) is 46.2 Å². The lowest BCUT2D eigenvalue weighted by Gasteiger charge is -2.14. The molecule has 2 N–H and O–H groups in total. The minimum atomic E-state index is -1.00. The number of carbonyl (C=O) groups is 2. The van der Waals surface area contributed by atoms with E-state index in [4.69, 9.17) is 30.5 Å². The second-order valence-electron chi connectivity index (χ2n) is 5.80. The van der Waals surface area contributed by atoms with Gasteiger partial charge in [-0.2, -0.15) is 0 Å². The topological polar surface area (TPSA) is 103 Å². The van der Waals surface area contributed by atoms with Gasteiger partial charge in [0.15, 0.2) is 0 Å². The molecule has 0 saturated heterocycles. The maximum Gasteiger partial charge on any atom is 0.326 e. The third-order valence-electron chi connectivity index (χ3n) is 3.50. The van der Waals surface area contributed by atoms with Gasteiger partial charge in [0.25, 0.3) is 0 Å². The molecule has 0 fully saturated rings. The van der Waals surface area contributed by atoms with Crippen LogP contribution in [0.4, 0.5) is 0 Å². The summed E-state index contributed by atoms with van der Waals surface area (Å²) in [5.74, 6) is 1.05. The Morgan fingerprint density at radius 1 is 0.963 bits per heavy atom. The van der Waals surface area contributed by atoms with Crippen molar-refractivity contribution in [2.24, 2.45) is 0 Å². The Kier molecular flexibility index (Phi) is 17.9. The summed E-state index contributed by atoms with van der Waals surface area (Å²) in [5, 5.41) is 11.6. The van der Waals surface area contributed by atoms with Crippen molar-refractivity contribution in [3.05, 3.63) is 0 Å². The molecule has 1 amide bonds. The molecule has 1 atom stereocenters. The van der Waals surface area contributed by atoms with Gasteiger partial charge in [-0.1, -0.05) is 32.1 Å². The van der Waals surface area contributed by atoms with Gasteiger partial charge in [0, 0.05) is 6.42 Å². The van der Waals surface area contributed by atoms with Crippen LogP contribution in [-0.4, -0.2) is 75.9 Å². The summed E-state index contributed by atoms with van der Waals surface area (Å²) < 4.78 is 20.9. The van der Waals surface area contributed by atoms with E-state index in [0.29, 0.717) is 46.1 Å². The number of unbranched alkanes of at least 4 members (excludes halogenated alkanes) is 2. The van der Waals surface area contributed by atoms with Crippen molar-refractivity contribution in [2.75, 3.05) is 52.9 Å². The fourth-order valence-corrected chi connectivity index (χ4v) is 2.08. The second kappa shape index (κ2) is 19.1. The first kappa shape index (κ1) is 25.3. The van der Waals surface area contributed by atoms with Crippen LogP contribution in [0.1, 0.15) is 39.0 Å². The number of amides is 1. The Morgan fingerprint density at radius 2 is 1.52 bits per heavy atom. The van der Waals surface area contributed by atoms with Crippen LogP contribution in [0.5, 0.6) is 0 Å². The molecular weight excluding hydrogens is 354 g/mol. The summed E-state index contributed by atoms with van der Waals surface area (Å²) in [4.78, 5) is 22.9. The Labute approximate surface area is 161 Å². The number of carboxylic acids is 1. The SMILES string of the molecule is C#CCOCCOCCOCCOCCC(=O)N[C@@H](CCCCC)C(=O)O. The zero-order chi connectivity index (χ0) is 20.2. The molecule has 0 aromatic heterocycles. The monoisotopic (exact) mass is 387 g/mol. The van der Waals surface area contributed by atoms with Crippen molar-refractivity contribution in [1.82, 2.24) is 5.32 Å². The Morgan fingerprint density at radius 3 is 2.04 bits per heavy atom. The quantitative estimate of drug-likeness (QED) is 0.254. The highest BCUT2D eigenvalue weighted by Gasteiger charge is 2.18. The minimum absolute atomic E-state index is 0.123. The molecule has 0 aromatic carbocycles. The van der Waals surface area contributed by atoms with E-state index in [0.717, 1.165) is 19.3 Å². The Hall–Kier alpha value is -1.66. The van der Waals surface area contributed by atoms with Crippen LogP contribution < -0.4 is 5.32 Å². The van der Waals surface area contributed by atoms with Crippen molar-refractivity contribution < 1.29 is 33.6 Å². The molecule has 0 saturated carbocycles. The van der Waals surface area contributed by atoms with E-state index in [-0.39, 0.29) is 25.5 Å². The minimum Gasteiger partial charge on any atom is -0.480 e. The van der Waals surface area contributed by atoms with E-state index in [2.05, 4.69) is 11.2 Å². The van der Waals surface area contributed by atoms with Crippen molar-refractivity contribution in [2.45, 2.75) is 45.1 Å². The number of nitrogens with one attached hydrogen (secondary N) is 1. The Bertz CT molecular complexity index is 423. The van der Waals surface area contributed by atoms with Crippen LogP contribution in [0.15, 0.2) is 0 Å². The van der Waals surface area contributed by atoms with Crippen LogP contribution in [0.2, 0.25) is 0 Å². The van der Waals surface area contributed by atoms with Crippen molar-refractivity contribution in [1.29, 1.82) is 0 Å². The highest BCUT2D eigenvalue weighted by Crippen LogP contribution is 2.04. The third-order valence-corrected chi connectivity index (χ3v) is 3.50. The van der Waals surface area contributed by atoms with Crippen molar-refractivity contribution in [3.63, 3.8) is 0 Å². The first-order valence-electron chi connectivity index (χ1n) is 9.38. The number of rotatable bonds is 19. The van der Waals surface area contributed by atoms with Gasteiger partial charge < -0.3 is 29.4 Å². The smallest absolute Gasteiger partial charge is 0.326 e. The fourth-order valence-electron chi connectivity index (χ4n) is 2.08. The van der Waals surface area contributed by atoms with Gasteiger partial charge in [-0.05, 0) is 6.42 Å². The molecule has 0 heterocycles. The molecule has 0 spiro atoms. The normalized spacial score (nSPS) is 11.7. The molecule has 0 aromatic rings. The maximum absolute atomic E-state index is 11.8. The zero-order valence-electron chi connectivity index (χ0n) is 16.2. The van der Waals surface area contributed by atoms with E-state index in [1.165, 1.54) is 0 Å². The standard InChI is InChI=1S/C19H33NO7/c1-3-5-6-7-17(19(22)23)20-18(21)8-10-25-12-14-27-16-15-26-13-11-24-9-4-2/h2,17H,3,5-16H2,1H3,(H,20,21)(H,22,23)/t17-/m0/s1. The molecule has 0 aliphatic heterocycles. The summed E-state index contributed by atoms with van der Waals surface area (Å²) in [6.07, 6.45) is 8.34. The van der Waals surface area contributed by atoms with Crippen LogP contribution in [0, 0.1) is 12.3 Å². The van der Waals surface area contributed by atoms with Gasteiger partial charge in [0.1, 0.15) is 12.6 Å². The van der Waals surface area contributed by atoms with E-state index in [1.54, 1.807) is 0 Å². The van der Waals surface area contributed by atoms with Crippen LogP contribution in [0.25, 0.3) is 0 Å². The van der Waals surface area contributed by atoms with Crippen LogP contribution in [0.3, 0.4) is 0 Å². The van der Waals surface area contributed by atoms with Crippen molar-refractivity contribution in [3.8, 4) is 12.3 Å². The van der Waals surface area contributed by atoms with Gasteiger partial charge in [-0.15, -0.1) is 6.42 Å². The number of carboxylic acid groups (broad SMARTS) is 1. The van der Waals surface area contributed by atoms with E-state index < -0.39 is 12.0 Å². The molecule has 0 unspecified atom stereocenters. The average Bonchev–Trinajstić information content (AvgIpc) is 2.64. The lowest BCUT2D eigenvalue weighted by Crippen LogP contribution is -2.41. The molecule has 156 valence electrons. The number of terminal acetylenes is 1. The van der Waals surface area contributed by atoms with Crippen LogP contribution in [-0.2, 0) is 28.5 Å². The molecule has 0 aliphatic carbocycles. The lowest BCUT2D eigenvalue weighted by molar-refractivity contribution is -0.142. The van der Waals surface area contributed by atoms with E-state index in [9.17, 15) is 9.59 Å². The van der Waals surface area contributed by atoms with E-state index >= 15 is 0 Å². The first-order valence-corrected chi connectivity index (χ1v) is 9.38. The molecule has 0 bridgehead atoms. The van der Waals surface area contributed by atoms with Crippen LogP contribution >= 0.6 is 0 Å². The maximum atomic E-state index is 11.8. The van der Waals surface area contributed by atoms with Crippen molar-refractivity contribution >= 4 is 11.9 Å². The molecule has 27 heavy (non-hydrogen) atoms. The third kappa shape index (κ3) is 17.5. The molecule has 8 heteroatoms. The molecule has 0 aliphatic rings. The number of ether oxygens (including phenoxy) is 4. The first-order chi connectivity index (χ1) is 13.1. The van der Waals surface area contributed by atoms with Gasteiger partial charge >= 0.3 is 5.97 Å². The average molecular weight is 387 g/mol. The highest BCUT2D eigenvalue weighted by molar-refractivity contribution is 5.83. The lowest BCUT2D eigenvalue weighted by atomic mass is 10.1.